The Kier molecular flexibility index (Phi) is 4.58. The van der Waals surface area contributed by atoms with E-state index in [4.69, 9.17) is 4.74 Å². The standard InChI is InChI=1S/C22H20N4O/c1-16-14-26(15-24-16)20-10-8-17(12-21(20)27-2)9-11-22-23-13-19(25-22)18-6-4-3-5-7-18/h3-15H,1-2H3,(H,23,25). The second-order valence-electron chi connectivity index (χ2n) is 6.24. The average Bonchev–Trinajstić information content (AvgIpc) is 3.36. The predicted octanol–water partition coefficient (Wildman–Crippen LogP) is 4.75. The number of nitrogens with one attached hydrogen (secondary N) is 1. The van der Waals surface area contributed by atoms with Gasteiger partial charge in [-0.15, -0.1) is 0 Å². The molecular weight excluding hydrogens is 336 g/mol. The number of imidazole rings is 2. The summed E-state index contributed by atoms with van der Waals surface area (Å²) in [5.74, 6) is 1.60. The SMILES string of the molecule is COc1cc(C=Cc2ncc(-c3ccccc3)[nH]2)ccc1-n1cnc(C)c1. The molecular formula is C22H20N4O. The van der Waals surface area contributed by atoms with Gasteiger partial charge in [-0.2, -0.15) is 0 Å². The van der Waals surface area contributed by atoms with Gasteiger partial charge in [-0.3, -0.25) is 0 Å². The van der Waals surface area contributed by atoms with Crippen LogP contribution in [0.2, 0.25) is 0 Å². The number of benzene rings is 2. The van der Waals surface area contributed by atoms with E-state index in [2.05, 4.69) is 27.1 Å². The molecule has 0 radical (unpaired) electrons. The number of ether oxygens (including phenoxy) is 1. The number of rotatable bonds is 5. The highest BCUT2D eigenvalue weighted by Gasteiger charge is 2.06. The van der Waals surface area contributed by atoms with Gasteiger partial charge in [0, 0.05) is 6.20 Å². The topological polar surface area (TPSA) is 55.7 Å². The molecule has 0 atom stereocenters. The number of nitrogens with zero attached hydrogens (tertiary/aromatic N) is 3. The van der Waals surface area contributed by atoms with Crippen LogP contribution in [0.15, 0.2) is 67.3 Å². The van der Waals surface area contributed by atoms with Crippen molar-refractivity contribution < 1.29 is 4.74 Å². The second kappa shape index (κ2) is 7.33. The summed E-state index contributed by atoms with van der Waals surface area (Å²) in [6, 6.07) is 16.2. The lowest BCUT2D eigenvalue weighted by molar-refractivity contribution is 0.413. The van der Waals surface area contributed by atoms with E-state index >= 15 is 0 Å². The highest BCUT2D eigenvalue weighted by molar-refractivity contribution is 5.70. The van der Waals surface area contributed by atoms with Crippen LogP contribution >= 0.6 is 0 Å². The first-order valence-electron chi connectivity index (χ1n) is 8.70. The summed E-state index contributed by atoms with van der Waals surface area (Å²) in [7, 11) is 1.68. The number of H-pyrrole nitrogens is 1. The molecule has 0 unspecified atom stereocenters. The van der Waals surface area contributed by atoms with Crippen molar-refractivity contribution in [2.24, 2.45) is 0 Å². The Morgan fingerprint density at radius 2 is 1.89 bits per heavy atom. The van der Waals surface area contributed by atoms with Gasteiger partial charge in [-0.1, -0.05) is 42.5 Å². The summed E-state index contributed by atoms with van der Waals surface area (Å²) in [5.41, 5.74) is 5.07. The lowest BCUT2D eigenvalue weighted by Crippen LogP contribution is -1.95. The molecule has 0 amide bonds. The summed E-state index contributed by atoms with van der Waals surface area (Å²) >= 11 is 0. The van der Waals surface area contributed by atoms with Crippen LogP contribution < -0.4 is 4.74 Å². The molecule has 0 aliphatic heterocycles. The Hall–Kier alpha value is -3.60. The van der Waals surface area contributed by atoms with Gasteiger partial charge in [0.25, 0.3) is 0 Å². The highest BCUT2D eigenvalue weighted by Crippen LogP contribution is 2.25. The van der Waals surface area contributed by atoms with Gasteiger partial charge < -0.3 is 14.3 Å². The molecule has 0 saturated heterocycles. The molecule has 5 heteroatoms. The molecule has 0 aliphatic rings. The molecule has 0 spiro atoms. The van der Waals surface area contributed by atoms with Crippen LogP contribution in [0.25, 0.3) is 29.1 Å². The van der Waals surface area contributed by atoms with Gasteiger partial charge in [0.2, 0.25) is 0 Å². The Morgan fingerprint density at radius 3 is 2.63 bits per heavy atom. The number of methoxy groups -OCH3 is 1. The molecule has 4 aromatic rings. The summed E-state index contributed by atoms with van der Waals surface area (Å²) in [4.78, 5) is 12.0. The Balaban J connectivity index is 1.57. The molecule has 4 rings (SSSR count). The number of hydrogen-bond donors (Lipinski definition) is 1. The minimum Gasteiger partial charge on any atom is -0.495 e. The number of aromatic amines is 1. The molecule has 0 bridgehead atoms. The summed E-state index contributed by atoms with van der Waals surface area (Å²) in [6.07, 6.45) is 9.58. The van der Waals surface area contributed by atoms with Gasteiger partial charge in [0.1, 0.15) is 11.6 Å². The normalized spacial score (nSPS) is 11.2. The first kappa shape index (κ1) is 16.8. The lowest BCUT2D eigenvalue weighted by Gasteiger charge is -2.09. The third kappa shape index (κ3) is 3.67. The molecule has 134 valence electrons. The Labute approximate surface area is 158 Å². The van der Waals surface area contributed by atoms with Crippen LogP contribution in [0.3, 0.4) is 0 Å². The van der Waals surface area contributed by atoms with Crippen LogP contribution in [0.5, 0.6) is 5.75 Å². The predicted molar refractivity (Wildman–Crippen MR) is 108 cm³/mol. The maximum absolute atomic E-state index is 5.56. The third-order valence-electron chi connectivity index (χ3n) is 4.31. The van der Waals surface area contributed by atoms with Crippen LogP contribution in [0.1, 0.15) is 17.1 Å². The van der Waals surface area contributed by atoms with Crippen molar-refractivity contribution in [2.45, 2.75) is 6.92 Å². The molecule has 0 aliphatic carbocycles. The Morgan fingerprint density at radius 1 is 1.04 bits per heavy atom. The fraction of sp³-hybridized carbons (Fsp3) is 0.0909. The average molecular weight is 356 g/mol. The van der Waals surface area contributed by atoms with E-state index in [1.54, 1.807) is 13.4 Å². The maximum atomic E-state index is 5.56. The van der Waals surface area contributed by atoms with E-state index in [1.165, 1.54) is 0 Å². The van der Waals surface area contributed by atoms with Gasteiger partial charge in [-0.05, 0) is 36.3 Å². The summed E-state index contributed by atoms with van der Waals surface area (Å²) in [6.45, 7) is 1.97. The minimum atomic E-state index is 0.791. The maximum Gasteiger partial charge on any atom is 0.143 e. The molecule has 2 heterocycles. The first-order chi connectivity index (χ1) is 13.2. The van der Waals surface area contributed by atoms with E-state index < -0.39 is 0 Å². The quantitative estimate of drug-likeness (QED) is 0.561. The van der Waals surface area contributed by atoms with Crippen molar-refractivity contribution in [1.82, 2.24) is 19.5 Å². The van der Waals surface area contributed by atoms with E-state index in [1.807, 2.05) is 72.4 Å². The largest absolute Gasteiger partial charge is 0.495 e. The van der Waals surface area contributed by atoms with Crippen molar-refractivity contribution in [1.29, 1.82) is 0 Å². The highest BCUT2D eigenvalue weighted by atomic mass is 16.5. The zero-order chi connectivity index (χ0) is 18.6. The lowest BCUT2D eigenvalue weighted by atomic mass is 10.1. The summed E-state index contributed by atoms with van der Waals surface area (Å²) in [5, 5.41) is 0. The van der Waals surface area contributed by atoms with Crippen LogP contribution in [0.4, 0.5) is 0 Å². The second-order valence-corrected chi connectivity index (χ2v) is 6.24. The van der Waals surface area contributed by atoms with E-state index in [-0.39, 0.29) is 0 Å². The minimum absolute atomic E-state index is 0.791. The van der Waals surface area contributed by atoms with Crippen molar-refractivity contribution in [3.63, 3.8) is 0 Å². The monoisotopic (exact) mass is 356 g/mol. The molecule has 0 fully saturated rings. The zero-order valence-corrected chi connectivity index (χ0v) is 15.3. The molecule has 0 saturated carbocycles. The fourth-order valence-electron chi connectivity index (χ4n) is 2.93. The van der Waals surface area contributed by atoms with Crippen LogP contribution in [0, 0.1) is 6.92 Å². The van der Waals surface area contributed by atoms with Crippen molar-refractivity contribution >= 4 is 12.2 Å². The molecule has 2 aromatic carbocycles. The van der Waals surface area contributed by atoms with Crippen LogP contribution in [-0.4, -0.2) is 26.6 Å². The van der Waals surface area contributed by atoms with E-state index in [9.17, 15) is 0 Å². The molecule has 27 heavy (non-hydrogen) atoms. The number of aromatic nitrogens is 4. The van der Waals surface area contributed by atoms with Gasteiger partial charge in [0.05, 0.1) is 36.7 Å². The summed E-state index contributed by atoms with van der Waals surface area (Å²) < 4.78 is 7.52. The van der Waals surface area contributed by atoms with Crippen molar-refractivity contribution in [3.8, 4) is 22.7 Å². The van der Waals surface area contributed by atoms with Crippen molar-refractivity contribution in [3.05, 3.63) is 84.3 Å². The molecule has 5 nitrogen and oxygen atoms in total. The van der Waals surface area contributed by atoms with E-state index in [0.29, 0.717) is 0 Å². The van der Waals surface area contributed by atoms with Gasteiger partial charge >= 0.3 is 0 Å². The van der Waals surface area contributed by atoms with Gasteiger partial charge in [0.15, 0.2) is 0 Å². The van der Waals surface area contributed by atoms with Crippen molar-refractivity contribution in [2.75, 3.05) is 7.11 Å². The smallest absolute Gasteiger partial charge is 0.143 e. The zero-order valence-electron chi connectivity index (χ0n) is 15.3. The Bertz CT molecular complexity index is 1080. The van der Waals surface area contributed by atoms with Gasteiger partial charge in [-0.25, -0.2) is 9.97 Å². The van der Waals surface area contributed by atoms with Crippen LogP contribution in [-0.2, 0) is 0 Å². The number of aryl methyl sites for hydroxylation is 1. The fourth-order valence-corrected chi connectivity index (χ4v) is 2.93. The molecule has 1 N–H and O–H groups in total. The third-order valence-corrected chi connectivity index (χ3v) is 4.31. The number of hydrogen-bond acceptors (Lipinski definition) is 3. The van der Waals surface area contributed by atoms with E-state index in [0.717, 1.165) is 39.8 Å². The molecule has 2 aromatic heterocycles. The first-order valence-corrected chi connectivity index (χ1v) is 8.70.